The Bertz CT molecular complexity index is 740. The Kier molecular flexibility index (Phi) is 3.50. The third kappa shape index (κ3) is 2.10. The lowest BCUT2D eigenvalue weighted by atomic mass is 9.71. The molecule has 0 saturated carbocycles. The van der Waals surface area contributed by atoms with Crippen LogP contribution in [0.5, 0.6) is 5.75 Å². The van der Waals surface area contributed by atoms with Gasteiger partial charge < -0.3 is 10.1 Å². The lowest BCUT2D eigenvalue weighted by Crippen LogP contribution is -2.43. The zero-order valence-corrected chi connectivity index (χ0v) is 14.5. The van der Waals surface area contributed by atoms with Crippen LogP contribution in [-0.2, 0) is 13.0 Å². The van der Waals surface area contributed by atoms with Crippen molar-refractivity contribution in [2.75, 3.05) is 7.11 Å². The molecule has 2 atom stereocenters. The van der Waals surface area contributed by atoms with Gasteiger partial charge in [0.05, 0.1) is 11.6 Å². The van der Waals surface area contributed by atoms with Crippen LogP contribution in [0.3, 0.4) is 0 Å². The Morgan fingerprint density at radius 1 is 1.23 bits per heavy atom. The van der Waals surface area contributed by atoms with E-state index in [-0.39, 0.29) is 0 Å². The number of hydrogen-bond donors (Lipinski definition) is 1. The molecule has 0 fully saturated rings. The number of nitrogens with one attached hydrogen (secondary N) is 1. The highest BCUT2D eigenvalue weighted by Gasteiger charge is 2.36. The molecule has 1 N–H and O–H groups in total. The number of ether oxygens (including phenoxy) is 1. The molecule has 0 bridgehead atoms. The van der Waals surface area contributed by atoms with Crippen LogP contribution in [0.1, 0.15) is 40.2 Å². The summed E-state index contributed by atoms with van der Waals surface area (Å²) >= 11 is 3.63. The van der Waals surface area contributed by atoms with E-state index in [1.54, 1.807) is 7.11 Å². The molecule has 0 saturated heterocycles. The second-order valence-electron chi connectivity index (χ2n) is 6.34. The summed E-state index contributed by atoms with van der Waals surface area (Å²) in [6, 6.07) is 11.7. The first-order valence-corrected chi connectivity index (χ1v) is 8.66. The fourth-order valence-corrected chi connectivity index (χ4v) is 4.68. The Morgan fingerprint density at radius 2 is 2.09 bits per heavy atom. The van der Waals surface area contributed by atoms with Crippen molar-refractivity contribution in [3.8, 4) is 5.75 Å². The van der Waals surface area contributed by atoms with Gasteiger partial charge in [0.2, 0.25) is 0 Å². The van der Waals surface area contributed by atoms with Gasteiger partial charge in [-0.3, -0.25) is 0 Å². The molecule has 0 aromatic heterocycles. The van der Waals surface area contributed by atoms with E-state index in [0.29, 0.717) is 12.0 Å². The zero-order valence-electron chi connectivity index (χ0n) is 12.9. The topological polar surface area (TPSA) is 21.3 Å². The van der Waals surface area contributed by atoms with Crippen molar-refractivity contribution in [2.45, 2.75) is 38.3 Å². The summed E-state index contributed by atoms with van der Waals surface area (Å²) in [6.07, 6.45) is 2.33. The van der Waals surface area contributed by atoms with Crippen LogP contribution in [0.2, 0.25) is 0 Å². The monoisotopic (exact) mass is 357 g/mol. The third-order valence-corrected chi connectivity index (χ3v) is 5.78. The molecule has 0 amide bonds. The summed E-state index contributed by atoms with van der Waals surface area (Å²) in [5, 5.41) is 3.74. The van der Waals surface area contributed by atoms with E-state index in [2.05, 4.69) is 58.5 Å². The highest BCUT2D eigenvalue weighted by atomic mass is 79.9. The minimum absolute atomic E-state index is 0.440. The summed E-state index contributed by atoms with van der Waals surface area (Å²) < 4.78 is 6.60. The van der Waals surface area contributed by atoms with Crippen molar-refractivity contribution < 1.29 is 4.74 Å². The van der Waals surface area contributed by atoms with Gasteiger partial charge in [-0.2, -0.15) is 0 Å². The van der Waals surface area contributed by atoms with Crippen LogP contribution in [0.15, 0.2) is 34.8 Å². The van der Waals surface area contributed by atoms with Crippen molar-refractivity contribution in [3.63, 3.8) is 0 Å². The minimum Gasteiger partial charge on any atom is -0.496 e. The first kappa shape index (κ1) is 14.3. The smallest absolute Gasteiger partial charge is 0.133 e. The molecular formula is C19H20BrNO. The van der Waals surface area contributed by atoms with Gasteiger partial charge >= 0.3 is 0 Å². The summed E-state index contributed by atoms with van der Waals surface area (Å²) in [5.41, 5.74) is 7.25. The molecule has 2 unspecified atom stereocenters. The van der Waals surface area contributed by atoms with E-state index >= 15 is 0 Å². The van der Waals surface area contributed by atoms with Gasteiger partial charge in [-0.1, -0.05) is 18.2 Å². The molecule has 2 nitrogen and oxygen atoms in total. The highest BCUT2D eigenvalue weighted by molar-refractivity contribution is 9.10. The first-order valence-electron chi connectivity index (χ1n) is 7.87. The number of rotatable bonds is 1. The Morgan fingerprint density at radius 3 is 2.91 bits per heavy atom. The number of halogens is 1. The lowest BCUT2D eigenvalue weighted by molar-refractivity contribution is 0.385. The van der Waals surface area contributed by atoms with Crippen molar-refractivity contribution in [3.05, 3.63) is 62.6 Å². The van der Waals surface area contributed by atoms with E-state index in [9.17, 15) is 0 Å². The molecule has 114 valence electrons. The van der Waals surface area contributed by atoms with Crippen LogP contribution in [0, 0.1) is 6.92 Å². The standard InChI is InChI=1S/C19H20BrNO/c1-11-4-3-5-13-10-21-16-7-6-12-8-15(20)17(22-2)9-14(12)19(16)18(11)13/h3-5,8-9,16,19,21H,6-7,10H2,1-2H3. The van der Waals surface area contributed by atoms with Crippen LogP contribution in [0.4, 0.5) is 0 Å². The molecular weight excluding hydrogens is 338 g/mol. The maximum Gasteiger partial charge on any atom is 0.133 e. The quantitative estimate of drug-likeness (QED) is 0.820. The van der Waals surface area contributed by atoms with Gasteiger partial charge in [-0.15, -0.1) is 0 Å². The van der Waals surface area contributed by atoms with Crippen LogP contribution >= 0.6 is 15.9 Å². The maximum absolute atomic E-state index is 5.54. The summed E-state index contributed by atoms with van der Waals surface area (Å²) in [6.45, 7) is 3.23. The average molecular weight is 358 g/mol. The average Bonchev–Trinajstić information content (AvgIpc) is 2.53. The molecule has 1 heterocycles. The maximum atomic E-state index is 5.54. The number of aryl methyl sites for hydroxylation is 2. The van der Waals surface area contributed by atoms with E-state index in [1.807, 2.05) is 0 Å². The van der Waals surface area contributed by atoms with E-state index in [4.69, 9.17) is 4.74 Å². The number of hydrogen-bond acceptors (Lipinski definition) is 2. The van der Waals surface area contributed by atoms with Gasteiger partial charge in [-0.25, -0.2) is 0 Å². The predicted octanol–water partition coefficient (Wildman–Crippen LogP) is 4.32. The Hall–Kier alpha value is -1.32. The Labute approximate surface area is 140 Å². The van der Waals surface area contributed by atoms with Gasteiger partial charge in [0.1, 0.15) is 5.75 Å². The molecule has 1 aliphatic heterocycles. The van der Waals surface area contributed by atoms with Crippen LogP contribution in [-0.4, -0.2) is 13.2 Å². The van der Waals surface area contributed by atoms with Crippen molar-refractivity contribution in [2.24, 2.45) is 0 Å². The molecule has 3 heteroatoms. The minimum atomic E-state index is 0.440. The van der Waals surface area contributed by atoms with Gasteiger partial charge in [-0.05, 0) is 75.6 Å². The molecule has 0 spiro atoms. The zero-order chi connectivity index (χ0) is 15.3. The summed E-state index contributed by atoms with van der Waals surface area (Å²) in [7, 11) is 1.74. The predicted molar refractivity (Wildman–Crippen MR) is 92.7 cm³/mol. The first-order chi connectivity index (χ1) is 10.7. The molecule has 22 heavy (non-hydrogen) atoms. The summed E-state index contributed by atoms with van der Waals surface area (Å²) in [4.78, 5) is 0. The highest BCUT2D eigenvalue weighted by Crippen LogP contribution is 2.44. The van der Waals surface area contributed by atoms with E-state index in [1.165, 1.54) is 34.2 Å². The van der Waals surface area contributed by atoms with E-state index < -0.39 is 0 Å². The molecule has 2 aliphatic rings. The third-order valence-electron chi connectivity index (χ3n) is 5.16. The van der Waals surface area contributed by atoms with Crippen molar-refractivity contribution in [1.82, 2.24) is 5.32 Å². The van der Waals surface area contributed by atoms with Crippen molar-refractivity contribution in [1.29, 1.82) is 0 Å². The number of methoxy groups -OCH3 is 1. The number of benzene rings is 2. The lowest BCUT2D eigenvalue weighted by Gasteiger charge is -2.40. The van der Waals surface area contributed by atoms with Gasteiger partial charge in [0.25, 0.3) is 0 Å². The molecule has 2 aromatic carbocycles. The van der Waals surface area contributed by atoms with Crippen LogP contribution < -0.4 is 10.1 Å². The summed E-state index contributed by atoms with van der Waals surface area (Å²) in [5.74, 6) is 1.37. The SMILES string of the molecule is COc1cc2c(cc1Br)CCC1NCc3cccc(C)c3C21. The molecule has 2 aromatic rings. The molecule has 1 aliphatic carbocycles. The molecule has 0 radical (unpaired) electrons. The van der Waals surface area contributed by atoms with Crippen LogP contribution in [0.25, 0.3) is 0 Å². The fraction of sp³-hybridized carbons (Fsp3) is 0.368. The van der Waals surface area contributed by atoms with E-state index in [0.717, 1.165) is 23.2 Å². The normalized spacial score (nSPS) is 22.5. The Balaban J connectivity index is 1.93. The van der Waals surface area contributed by atoms with Gasteiger partial charge in [0.15, 0.2) is 0 Å². The van der Waals surface area contributed by atoms with Crippen molar-refractivity contribution >= 4 is 15.9 Å². The molecule has 4 rings (SSSR count). The number of fused-ring (bicyclic) bond motifs is 5. The fourth-order valence-electron chi connectivity index (χ4n) is 4.13. The second-order valence-corrected chi connectivity index (χ2v) is 7.19. The second kappa shape index (κ2) is 5.39. The largest absolute Gasteiger partial charge is 0.496 e. The van der Waals surface area contributed by atoms with Gasteiger partial charge in [0, 0.05) is 18.5 Å².